The molecule has 4 nitrogen and oxygen atoms in total. The summed E-state index contributed by atoms with van der Waals surface area (Å²) in [5.74, 6) is -0.324. The highest BCUT2D eigenvalue weighted by Gasteiger charge is 2.14. The molecule has 0 aliphatic heterocycles. The Kier molecular flexibility index (Phi) is 2.41. The van der Waals surface area contributed by atoms with Crippen molar-refractivity contribution in [2.24, 2.45) is 0 Å². The van der Waals surface area contributed by atoms with Crippen molar-refractivity contribution in [1.29, 1.82) is 0 Å². The average molecular weight is 204 g/mol. The van der Waals surface area contributed by atoms with Gasteiger partial charge in [0.2, 0.25) is 0 Å². The van der Waals surface area contributed by atoms with Gasteiger partial charge in [-0.2, -0.15) is 0 Å². The van der Waals surface area contributed by atoms with Crippen LogP contribution in [-0.4, -0.2) is 22.6 Å². The van der Waals surface area contributed by atoms with Crippen LogP contribution in [-0.2, 0) is 11.3 Å². The van der Waals surface area contributed by atoms with Crippen LogP contribution >= 0.6 is 0 Å². The van der Waals surface area contributed by atoms with Gasteiger partial charge in [-0.1, -0.05) is 0 Å². The summed E-state index contributed by atoms with van der Waals surface area (Å²) >= 11 is 0. The first-order chi connectivity index (χ1) is 7.27. The van der Waals surface area contributed by atoms with E-state index in [4.69, 9.17) is 4.74 Å². The Morgan fingerprint density at radius 2 is 2.40 bits per heavy atom. The number of pyridine rings is 1. The second-order valence-electron chi connectivity index (χ2n) is 3.18. The normalized spacial score (nSPS) is 10.5. The largest absolute Gasteiger partial charge is 0.464 e. The third-order valence-corrected chi connectivity index (χ3v) is 2.37. The molecule has 2 rings (SSSR count). The summed E-state index contributed by atoms with van der Waals surface area (Å²) in [6.07, 6.45) is 1.72. The molecule has 0 aliphatic rings. The fourth-order valence-electron chi connectivity index (χ4n) is 1.68. The van der Waals surface area contributed by atoms with E-state index in [9.17, 15) is 4.79 Å². The Bertz CT molecular complexity index is 502. The maximum Gasteiger partial charge on any atom is 0.354 e. The number of nitrogens with zero attached hydrogens (tertiary/aromatic N) is 2. The number of fused-ring (bicyclic) bond motifs is 1. The van der Waals surface area contributed by atoms with Gasteiger partial charge in [0, 0.05) is 18.1 Å². The molecule has 0 spiro atoms. The second-order valence-corrected chi connectivity index (χ2v) is 3.18. The number of ether oxygens (including phenoxy) is 1. The van der Waals surface area contributed by atoms with Gasteiger partial charge in [0.15, 0.2) is 0 Å². The molecule has 0 saturated heterocycles. The van der Waals surface area contributed by atoms with Crippen LogP contribution in [0, 0.1) is 0 Å². The van der Waals surface area contributed by atoms with Gasteiger partial charge in [0.1, 0.15) is 11.3 Å². The van der Waals surface area contributed by atoms with E-state index in [1.54, 1.807) is 12.3 Å². The van der Waals surface area contributed by atoms with Gasteiger partial charge < -0.3 is 9.30 Å². The molecule has 2 heterocycles. The van der Waals surface area contributed by atoms with E-state index in [1.165, 1.54) is 7.11 Å². The molecule has 0 unspecified atom stereocenters. The van der Waals surface area contributed by atoms with E-state index in [0.717, 1.165) is 11.0 Å². The maximum atomic E-state index is 11.5. The Hall–Kier alpha value is -1.84. The Morgan fingerprint density at radius 1 is 1.60 bits per heavy atom. The molecular formula is C11H12N2O2. The van der Waals surface area contributed by atoms with E-state index >= 15 is 0 Å². The van der Waals surface area contributed by atoms with Crippen molar-refractivity contribution >= 4 is 17.0 Å². The van der Waals surface area contributed by atoms with E-state index in [2.05, 4.69) is 4.98 Å². The number of hydrogen-bond donors (Lipinski definition) is 0. The maximum absolute atomic E-state index is 11.5. The zero-order valence-corrected chi connectivity index (χ0v) is 8.73. The lowest BCUT2D eigenvalue weighted by Gasteiger charge is -2.04. The smallest absolute Gasteiger partial charge is 0.354 e. The van der Waals surface area contributed by atoms with Crippen molar-refractivity contribution in [3.63, 3.8) is 0 Å². The predicted molar refractivity (Wildman–Crippen MR) is 56.7 cm³/mol. The van der Waals surface area contributed by atoms with Crippen LogP contribution in [0.4, 0.5) is 0 Å². The Balaban J connectivity index is 2.69. The molecule has 0 fully saturated rings. The zero-order chi connectivity index (χ0) is 10.8. The molecule has 0 amide bonds. The predicted octanol–water partition coefficient (Wildman–Crippen LogP) is 1.84. The minimum Gasteiger partial charge on any atom is -0.464 e. The number of aromatic nitrogens is 2. The standard InChI is InChI=1S/C11H12N2O2/c1-3-13-9(11(14)15-2)7-8-5-4-6-12-10(8)13/h4-7H,3H2,1-2H3. The number of methoxy groups -OCH3 is 1. The van der Waals surface area contributed by atoms with Crippen molar-refractivity contribution in [1.82, 2.24) is 9.55 Å². The van der Waals surface area contributed by atoms with Gasteiger partial charge >= 0.3 is 5.97 Å². The fourth-order valence-corrected chi connectivity index (χ4v) is 1.68. The van der Waals surface area contributed by atoms with Crippen LogP contribution in [0.15, 0.2) is 24.4 Å². The Morgan fingerprint density at radius 3 is 3.07 bits per heavy atom. The van der Waals surface area contributed by atoms with Gasteiger partial charge in [-0.3, -0.25) is 0 Å². The average Bonchev–Trinajstić information content (AvgIpc) is 2.66. The number of carbonyl (C=O) groups is 1. The summed E-state index contributed by atoms with van der Waals surface area (Å²) in [5.41, 5.74) is 1.37. The summed E-state index contributed by atoms with van der Waals surface area (Å²) in [5, 5.41) is 0.958. The molecule has 0 N–H and O–H groups in total. The van der Waals surface area contributed by atoms with Crippen LogP contribution in [0.1, 0.15) is 17.4 Å². The van der Waals surface area contributed by atoms with Gasteiger partial charge in [0.05, 0.1) is 7.11 Å². The fraction of sp³-hybridized carbons (Fsp3) is 0.273. The topological polar surface area (TPSA) is 44.1 Å². The van der Waals surface area contributed by atoms with Crippen LogP contribution in [0.25, 0.3) is 11.0 Å². The molecule has 15 heavy (non-hydrogen) atoms. The lowest BCUT2D eigenvalue weighted by molar-refractivity contribution is 0.0589. The quantitative estimate of drug-likeness (QED) is 0.701. The third-order valence-electron chi connectivity index (χ3n) is 2.37. The molecule has 4 heteroatoms. The van der Waals surface area contributed by atoms with Crippen molar-refractivity contribution in [3.8, 4) is 0 Å². The van der Waals surface area contributed by atoms with E-state index in [-0.39, 0.29) is 5.97 Å². The minimum atomic E-state index is -0.324. The minimum absolute atomic E-state index is 0.324. The molecule has 0 aromatic carbocycles. The number of carbonyl (C=O) groups excluding carboxylic acids is 1. The van der Waals surface area contributed by atoms with E-state index in [0.29, 0.717) is 12.2 Å². The van der Waals surface area contributed by atoms with Crippen molar-refractivity contribution in [2.75, 3.05) is 7.11 Å². The lowest BCUT2D eigenvalue weighted by Crippen LogP contribution is -2.09. The van der Waals surface area contributed by atoms with Gasteiger partial charge in [-0.25, -0.2) is 9.78 Å². The molecule has 0 radical (unpaired) electrons. The SMILES string of the molecule is CCn1c(C(=O)OC)cc2cccnc21. The second kappa shape index (κ2) is 3.73. The van der Waals surface area contributed by atoms with Crippen molar-refractivity contribution in [3.05, 3.63) is 30.1 Å². The molecule has 2 aromatic rings. The van der Waals surface area contributed by atoms with Gasteiger partial charge in [-0.05, 0) is 25.1 Å². The molecule has 0 bridgehead atoms. The van der Waals surface area contributed by atoms with Gasteiger partial charge in [0.25, 0.3) is 0 Å². The summed E-state index contributed by atoms with van der Waals surface area (Å²) in [6.45, 7) is 2.67. The van der Waals surface area contributed by atoms with Gasteiger partial charge in [-0.15, -0.1) is 0 Å². The molecule has 0 saturated carbocycles. The van der Waals surface area contributed by atoms with Crippen LogP contribution in [0.2, 0.25) is 0 Å². The zero-order valence-electron chi connectivity index (χ0n) is 8.73. The number of hydrogen-bond acceptors (Lipinski definition) is 3. The first-order valence-electron chi connectivity index (χ1n) is 4.80. The van der Waals surface area contributed by atoms with E-state index < -0.39 is 0 Å². The summed E-state index contributed by atoms with van der Waals surface area (Å²) in [6, 6.07) is 5.59. The summed E-state index contributed by atoms with van der Waals surface area (Å²) in [4.78, 5) is 15.7. The number of aryl methyl sites for hydroxylation is 1. The monoisotopic (exact) mass is 204 g/mol. The van der Waals surface area contributed by atoms with Crippen LogP contribution in [0.3, 0.4) is 0 Å². The van der Waals surface area contributed by atoms with Crippen molar-refractivity contribution < 1.29 is 9.53 Å². The first-order valence-corrected chi connectivity index (χ1v) is 4.80. The summed E-state index contributed by atoms with van der Waals surface area (Å²) < 4.78 is 6.57. The third kappa shape index (κ3) is 1.48. The highest BCUT2D eigenvalue weighted by Crippen LogP contribution is 2.17. The molecule has 0 atom stereocenters. The van der Waals surface area contributed by atoms with Crippen LogP contribution < -0.4 is 0 Å². The molecule has 78 valence electrons. The molecule has 2 aromatic heterocycles. The summed E-state index contributed by atoms with van der Waals surface area (Å²) in [7, 11) is 1.38. The van der Waals surface area contributed by atoms with E-state index in [1.807, 2.05) is 23.6 Å². The molecule has 0 aliphatic carbocycles. The number of esters is 1. The first kappa shape index (κ1) is 9.71. The molecular weight excluding hydrogens is 192 g/mol. The van der Waals surface area contributed by atoms with Crippen molar-refractivity contribution in [2.45, 2.75) is 13.5 Å². The lowest BCUT2D eigenvalue weighted by atomic mass is 10.3. The Labute approximate surface area is 87.5 Å². The number of rotatable bonds is 2. The highest BCUT2D eigenvalue weighted by molar-refractivity contribution is 5.94. The highest BCUT2D eigenvalue weighted by atomic mass is 16.5. The van der Waals surface area contributed by atoms with Crippen LogP contribution in [0.5, 0.6) is 0 Å².